The highest BCUT2D eigenvalue weighted by Crippen LogP contribution is 2.08. The van der Waals surface area contributed by atoms with Crippen LogP contribution in [0.2, 0.25) is 0 Å². The third-order valence-corrected chi connectivity index (χ3v) is 2.67. The Morgan fingerprint density at radius 2 is 1.89 bits per heavy atom. The quantitative estimate of drug-likeness (QED) is 0.887. The molecule has 0 saturated heterocycles. The van der Waals surface area contributed by atoms with Crippen molar-refractivity contribution in [2.24, 2.45) is 0 Å². The molecule has 0 bridgehead atoms. The van der Waals surface area contributed by atoms with Crippen LogP contribution < -0.4 is 5.32 Å². The SMILES string of the molecule is CC(NCc1ccc(C#N)cc1)c1ncccn1. The van der Waals surface area contributed by atoms with Crippen LogP contribution in [0.5, 0.6) is 0 Å². The number of nitriles is 1. The smallest absolute Gasteiger partial charge is 0.144 e. The van der Waals surface area contributed by atoms with Crippen LogP contribution >= 0.6 is 0 Å². The van der Waals surface area contributed by atoms with Gasteiger partial charge in [0.25, 0.3) is 0 Å². The number of benzene rings is 1. The number of nitrogens with one attached hydrogen (secondary N) is 1. The fourth-order valence-electron chi connectivity index (χ4n) is 1.59. The summed E-state index contributed by atoms with van der Waals surface area (Å²) in [5, 5.41) is 12.1. The molecular weight excluding hydrogens is 224 g/mol. The highest BCUT2D eigenvalue weighted by molar-refractivity contribution is 5.31. The van der Waals surface area contributed by atoms with Gasteiger partial charge in [0.05, 0.1) is 17.7 Å². The molecule has 0 aliphatic heterocycles. The lowest BCUT2D eigenvalue weighted by Crippen LogP contribution is -2.20. The van der Waals surface area contributed by atoms with Gasteiger partial charge < -0.3 is 5.32 Å². The number of hydrogen-bond acceptors (Lipinski definition) is 4. The average Bonchev–Trinajstić information content (AvgIpc) is 2.46. The fraction of sp³-hybridized carbons (Fsp3) is 0.214. The first-order valence-corrected chi connectivity index (χ1v) is 5.79. The van der Waals surface area contributed by atoms with E-state index in [-0.39, 0.29) is 6.04 Å². The minimum Gasteiger partial charge on any atom is -0.303 e. The fourth-order valence-corrected chi connectivity index (χ4v) is 1.59. The first-order chi connectivity index (χ1) is 8.79. The lowest BCUT2D eigenvalue weighted by Gasteiger charge is -2.12. The van der Waals surface area contributed by atoms with E-state index in [0.29, 0.717) is 5.56 Å². The molecule has 0 fully saturated rings. The van der Waals surface area contributed by atoms with Gasteiger partial charge in [-0.2, -0.15) is 5.26 Å². The number of aromatic nitrogens is 2. The van der Waals surface area contributed by atoms with Gasteiger partial charge in [0.2, 0.25) is 0 Å². The van der Waals surface area contributed by atoms with Crippen LogP contribution in [-0.4, -0.2) is 9.97 Å². The zero-order valence-electron chi connectivity index (χ0n) is 10.2. The highest BCUT2D eigenvalue weighted by Gasteiger charge is 2.06. The number of rotatable bonds is 4. The van der Waals surface area contributed by atoms with Crippen molar-refractivity contribution >= 4 is 0 Å². The summed E-state index contributed by atoms with van der Waals surface area (Å²) in [5.41, 5.74) is 1.81. The summed E-state index contributed by atoms with van der Waals surface area (Å²) < 4.78 is 0. The van der Waals surface area contributed by atoms with Crippen LogP contribution in [0.3, 0.4) is 0 Å². The summed E-state index contributed by atoms with van der Waals surface area (Å²) in [6.07, 6.45) is 3.48. The van der Waals surface area contributed by atoms with Crippen molar-refractivity contribution in [1.82, 2.24) is 15.3 Å². The zero-order chi connectivity index (χ0) is 12.8. The molecule has 4 nitrogen and oxygen atoms in total. The van der Waals surface area contributed by atoms with Crippen molar-refractivity contribution in [3.8, 4) is 6.07 Å². The Morgan fingerprint density at radius 1 is 1.22 bits per heavy atom. The minimum atomic E-state index is 0.0989. The minimum absolute atomic E-state index is 0.0989. The molecule has 1 aromatic heterocycles. The normalized spacial score (nSPS) is 11.8. The van der Waals surface area contributed by atoms with Crippen molar-refractivity contribution in [2.45, 2.75) is 19.5 Å². The van der Waals surface area contributed by atoms with E-state index in [1.165, 1.54) is 0 Å². The van der Waals surface area contributed by atoms with Crippen molar-refractivity contribution in [3.05, 3.63) is 59.7 Å². The molecule has 0 amide bonds. The Bertz CT molecular complexity index is 528. The van der Waals surface area contributed by atoms with Crippen molar-refractivity contribution < 1.29 is 0 Å². The molecule has 0 saturated carbocycles. The maximum atomic E-state index is 8.71. The van der Waals surface area contributed by atoms with Crippen LogP contribution in [0.15, 0.2) is 42.7 Å². The second-order valence-electron chi connectivity index (χ2n) is 4.02. The predicted octanol–water partition coefficient (Wildman–Crippen LogP) is 2.20. The Balaban J connectivity index is 1.93. The molecule has 4 heteroatoms. The Morgan fingerprint density at radius 3 is 2.50 bits per heavy atom. The first-order valence-electron chi connectivity index (χ1n) is 5.79. The lowest BCUT2D eigenvalue weighted by molar-refractivity contribution is 0.546. The van der Waals surface area contributed by atoms with Gasteiger partial charge in [-0.05, 0) is 30.7 Å². The van der Waals surface area contributed by atoms with Crippen LogP contribution in [0.25, 0.3) is 0 Å². The molecule has 0 aliphatic rings. The summed E-state index contributed by atoms with van der Waals surface area (Å²) in [7, 11) is 0. The van der Waals surface area contributed by atoms with Crippen molar-refractivity contribution in [3.63, 3.8) is 0 Å². The maximum Gasteiger partial charge on any atom is 0.144 e. The van der Waals surface area contributed by atoms with Gasteiger partial charge in [-0.15, -0.1) is 0 Å². The Hall–Kier alpha value is -2.25. The summed E-state index contributed by atoms with van der Waals surface area (Å²) >= 11 is 0. The van der Waals surface area contributed by atoms with Crippen LogP contribution in [0, 0.1) is 11.3 Å². The third kappa shape index (κ3) is 3.12. The molecule has 1 aromatic carbocycles. The summed E-state index contributed by atoms with van der Waals surface area (Å²) in [6, 6.07) is 11.5. The van der Waals surface area contributed by atoms with Gasteiger partial charge in [-0.3, -0.25) is 0 Å². The van der Waals surface area contributed by atoms with E-state index in [2.05, 4.69) is 21.4 Å². The molecular formula is C14H14N4. The average molecular weight is 238 g/mol. The molecule has 18 heavy (non-hydrogen) atoms. The van der Waals surface area contributed by atoms with Gasteiger partial charge in [0.15, 0.2) is 0 Å². The lowest BCUT2D eigenvalue weighted by atomic mass is 10.1. The highest BCUT2D eigenvalue weighted by atomic mass is 15.0. The van der Waals surface area contributed by atoms with E-state index in [4.69, 9.17) is 5.26 Å². The third-order valence-electron chi connectivity index (χ3n) is 2.67. The van der Waals surface area contributed by atoms with Crippen LogP contribution in [-0.2, 0) is 6.54 Å². The van der Waals surface area contributed by atoms with Gasteiger partial charge in [-0.1, -0.05) is 12.1 Å². The molecule has 1 heterocycles. The van der Waals surface area contributed by atoms with E-state index in [1.807, 2.05) is 31.2 Å². The molecule has 2 aromatic rings. The van der Waals surface area contributed by atoms with Crippen molar-refractivity contribution in [2.75, 3.05) is 0 Å². The van der Waals surface area contributed by atoms with E-state index in [1.54, 1.807) is 18.5 Å². The molecule has 90 valence electrons. The summed E-state index contributed by atoms with van der Waals surface area (Å²) in [5.74, 6) is 0.783. The predicted molar refractivity (Wildman–Crippen MR) is 68.4 cm³/mol. The molecule has 0 radical (unpaired) electrons. The Kier molecular flexibility index (Phi) is 4.00. The second-order valence-corrected chi connectivity index (χ2v) is 4.02. The van der Waals surface area contributed by atoms with E-state index >= 15 is 0 Å². The molecule has 1 atom stereocenters. The monoisotopic (exact) mass is 238 g/mol. The summed E-state index contributed by atoms with van der Waals surface area (Å²) in [4.78, 5) is 8.40. The maximum absolute atomic E-state index is 8.71. The van der Waals surface area contributed by atoms with Gasteiger partial charge in [0.1, 0.15) is 5.82 Å². The van der Waals surface area contributed by atoms with Crippen LogP contribution in [0.4, 0.5) is 0 Å². The van der Waals surface area contributed by atoms with E-state index in [9.17, 15) is 0 Å². The van der Waals surface area contributed by atoms with Gasteiger partial charge >= 0.3 is 0 Å². The topological polar surface area (TPSA) is 61.6 Å². The number of nitrogens with zero attached hydrogens (tertiary/aromatic N) is 3. The molecule has 2 rings (SSSR count). The zero-order valence-corrected chi connectivity index (χ0v) is 10.2. The molecule has 1 N–H and O–H groups in total. The molecule has 0 aliphatic carbocycles. The standard InChI is InChI=1S/C14H14N4/c1-11(14-16-7-2-8-17-14)18-10-13-5-3-12(9-15)4-6-13/h2-8,11,18H,10H2,1H3. The van der Waals surface area contributed by atoms with Crippen molar-refractivity contribution in [1.29, 1.82) is 5.26 Å². The second kappa shape index (κ2) is 5.89. The first kappa shape index (κ1) is 12.2. The largest absolute Gasteiger partial charge is 0.303 e. The summed E-state index contributed by atoms with van der Waals surface area (Å²) in [6.45, 7) is 2.75. The van der Waals surface area contributed by atoms with E-state index < -0.39 is 0 Å². The number of hydrogen-bond donors (Lipinski definition) is 1. The Labute approximate surface area is 106 Å². The molecule has 1 unspecified atom stereocenters. The van der Waals surface area contributed by atoms with Gasteiger partial charge in [-0.25, -0.2) is 9.97 Å². The van der Waals surface area contributed by atoms with Crippen LogP contribution in [0.1, 0.15) is 29.9 Å². The van der Waals surface area contributed by atoms with Gasteiger partial charge in [0, 0.05) is 18.9 Å². The molecule has 0 spiro atoms. The van der Waals surface area contributed by atoms with E-state index in [0.717, 1.165) is 17.9 Å².